The third kappa shape index (κ3) is 10.7. The van der Waals surface area contributed by atoms with Crippen molar-refractivity contribution in [2.45, 2.75) is 175 Å². The van der Waals surface area contributed by atoms with Gasteiger partial charge in [-0.1, -0.05) is 6.92 Å². The number of ether oxygens (including phenoxy) is 11. The van der Waals surface area contributed by atoms with E-state index in [0.29, 0.717) is 0 Å². The Morgan fingerprint density at radius 1 is 0.644 bits per heavy atom. The summed E-state index contributed by atoms with van der Waals surface area (Å²) < 4.78 is 100. The molecule has 5 fully saturated rings. The van der Waals surface area contributed by atoms with Crippen LogP contribution in [0.15, 0.2) is 0 Å². The van der Waals surface area contributed by atoms with Crippen molar-refractivity contribution in [3.05, 3.63) is 0 Å². The highest BCUT2D eigenvalue weighted by Crippen LogP contribution is 2.37. The van der Waals surface area contributed by atoms with Gasteiger partial charge >= 0.3 is 16.4 Å². The lowest BCUT2D eigenvalue weighted by Gasteiger charge is -2.48. The monoisotopic (exact) mass is 881 g/mol. The second-order valence-electron chi connectivity index (χ2n) is 15.1. The maximum atomic E-state index is 12.3. The van der Waals surface area contributed by atoms with Gasteiger partial charge in [-0.25, -0.2) is 8.98 Å². The van der Waals surface area contributed by atoms with Gasteiger partial charge in [0, 0.05) is 13.0 Å². The zero-order valence-electron chi connectivity index (χ0n) is 32.4. The van der Waals surface area contributed by atoms with Crippen molar-refractivity contribution in [3.8, 4) is 0 Å². The SMILES string of the molecule is CO[C@H]1OC(C)[C@@H](O[C@@H]2OC(OC=O)[C@@H](O[C@H]3OC(C)[C@@H](O[C@@H]4OC(C(=O)O)[C@@H](O[C@H]5OC(C)[C@@H](O)[C@H](O)C5N)[C@H](O)C4C)CC3N)[C@H](O)C2OS(=O)(=O)O)[C@H](O)C1N. The van der Waals surface area contributed by atoms with Crippen LogP contribution in [0.3, 0.4) is 0 Å². The van der Waals surface area contributed by atoms with E-state index in [2.05, 4.69) is 0 Å². The molecule has 26 nitrogen and oxygen atoms in total. The van der Waals surface area contributed by atoms with Crippen LogP contribution < -0.4 is 17.2 Å². The van der Waals surface area contributed by atoms with E-state index < -0.39 is 164 Å². The standard InChI is InChI=1S/C32H55N3O23S/c1-8-16(37)22(54-30-14(34)18(39)17(38)10(3)50-30)25(26(42)43)56-27(8)52-13-6-12(33)28(49-9(13)2)55-23-20(41)24(58-59(44,45)46)32(57-31(23)48-7-36)53-21-11(4)51-29(47-5)15(35)19(21)40/h7-25,27-32,37-41H,6,33-35H2,1-5H3,(H,42,43)(H,44,45,46)/t8?,9?,10?,11?,12?,13-,14?,15?,16+,17+,18+,19+,20-,21+,22-,23-,24?,25?,27+,28+,29-,30+,31?,32+/m0/s1. The van der Waals surface area contributed by atoms with Crippen molar-refractivity contribution in [2.24, 2.45) is 23.1 Å². The Morgan fingerprint density at radius 2 is 1.24 bits per heavy atom. The minimum atomic E-state index is -5.35. The average molecular weight is 882 g/mol. The molecule has 0 saturated carbocycles. The molecule has 5 aliphatic heterocycles. The summed E-state index contributed by atoms with van der Waals surface area (Å²) in [5, 5.41) is 63.9. The quantitative estimate of drug-likeness (QED) is 0.0573. The second-order valence-corrected chi connectivity index (χ2v) is 16.1. The van der Waals surface area contributed by atoms with Crippen LogP contribution in [-0.2, 0) is 76.3 Å². The van der Waals surface area contributed by atoms with Gasteiger partial charge in [0.25, 0.3) is 6.47 Å². The number of hydrogen-bond acceptors (Lipinski definition) is 24. The first-order valence-electron chi connectivity index (χ1n) is 18.6. The minimum absolute atomic E-state index is 0.0756. The fourth-order valence-electron chi connectivity index (χ4n) is 7.47. The average Bonchev–Trinajstić information content (AvgIpc) is 3.16. The molecule has 0 spiro atoms. The summed E-state index contributed by atoms with van der Waals surface area (Å²) in [6.45, 7) is 5.82. The number of rotatable bonds is 14. The second kappa shape index (κ2) is 19.6. The highest BCUT2D eigenvalue weighted by molar-refractivity contribution is 7.80. The summed E-state index contributed by atoms with van der Waals surface area (Å²) in [6, 6.07) is -3.61. The zero-order chi connectivity index (χ0) is 43.8. The smallest absolute Gasteiger partial charge is 0.397 e. The molecule has 24 atom stereocenters. The molecule has 342 valence electrons. The van der Waals surface area contributed by atoms with Gasteiger partial charge in [-0.2, -0.15) is 8.42 Å². The number of carbonyl (C=O) groups is 2. The van der Waals surface area contributed by atoms with Gasteiger partial charge in [0.1, 0.15) is 36.6 Å². The molecule has 0 radical (unpaired) electrons. The summed E-state index contributed by atoms with van der Waals surface area (Å²) in [7, 11) is -4.06. The van der Waals surface area contributed by atoms with Gasteiger partial charge in [0.15, 0.2) is 49.8 Å². The lowest BCUT2D eigenvalue weighted by molar-refractivity contribution is -0.385. The fraction of sp³-hybridized carbons (Fsp3) is 0.938. The molecule has 10 unspecified atom stereocenters. The number of aliphatic hydroxyl groups excluding tert-OH is 5. The molecule has 5 rings (SSSR count). The lowest BCUT2D eigenvalue weighted by atomic mass is 9.91. The summed E-state index contributed by atoms with van der Waals surface area (Å²) in [5.74, 6) is -2.51. The Balaban J connectivity index is 1.26. The molecule has 5 aliphatic rings. The van der Waals surface area contributed by atoms with Gasteiger partial charge in [-0.15, -0.1) is 0 Å². The predicted molar refractivity (Wildman–Crippen MR) is 186 cm³/mol. The third-order valence-corrected chi connectivity index (χ3v) is 11.4. The van der Waals surface area contributed by atoms with Crippen molar-refractivity contribution in [3.63, 3.8) is 0 Å². The Bertz CT molecular complexity index is 1520. The minimum Gasteiger partial charge on any atom is -0.479 e. The van der Waals surface area contributed by atoms with Gasteiger partial charge in [0.05, 0.1) is 48.6 Å². The van der Waals surface area contributed by atoms with Crippen molar-refractivity contribution in [2.75, 3.05) is 7.11 Å². The summed E-state index contributed by atoms with van der Waals surface area (Å²) >= 11 is 0. The molecule has 0 aromatic rings. The van der Waals surface area contributed by atoms with E-state index in [1.165, 1.54) is 34.8 Å². The Hall–Kier alpha value is -1.91. The molecule has 13 N–H and O–H groups in total. The highest BCUT2D eigenvalue weighted by atomic mass is 32.3. The van der Waals surface area contributed by atoms with Crippen molar-refractivity contribution in [1.29, 1.82) is 0 Å². The number of carbonyl (C=O) groups excluding carboxylic acids is 1. The molecular weight excluding hydrogens is 826 g/mol. The van der Waals surface area contributed by atoms with E-state index in [-0.39, 0.29) is 12.9 Å². The van der Waals surface area contributed by atoms with Crippen LogP contribution in [0.4, 0.5) is 0 Å². The summed E-state index contributed by atoms with van der Waals surface area (Å²) in [6.07, 6.45) is -29.9. The van der Waals surface area contributed by atoms with E-state index in [1.807, 2.05) is 0 Å². The Labute approximate surface area is 337 Å². The van der Waals surface area contributed by atoms with E-state index in [9.17, 15) is 53.2 Å². The topological polar surface area (TPSA) is 399 Å². The van der Waals surface area contributed by atoms with Crippen LogP contribution in [-0.4, -0.2) is 204 Å². The van der Waals surface area contributed by atoms with E-state index in [0.717, 1.165) is 0 Å². The van der Waals surface area contributed by atoms with E-state index >= 15 is 0 Å². The number of nitrogens with two attached hydrogens (primary N) is 3. The van der Waals surface area contributed by atoms with Gasteiger partial charge in [-0.3, -0.25) is 9.35 Å². The number of carboxylic acids is 1. The molecule has 0 aliphatic carbocycles. The number of hydrogen-bond donors (Lipinski definition) is 10. The normalized spacial score (nSPS) is 49.9. The maximum Gasteiger partial charge on any atom is 0.397 e. The van der Waals surface area contributed by atoms with Gasteiger partial charge < -0.3 is 99.9 Å². The van der Waals surface area contributed by atoms with E-state index in [4.69, 9.17) is 73.5 Å². The zero-order valence-corrected chi connectivity index (χ0v) is 33.3. The number of aliphatic hydroxyl groups is 5. The first kappa shape index (κ1) is 48.1. The van der Waals surface area contributed by atoms with Crippen LogP contribution >= 0.6 is 0 Å². The number of aliphatic carboxylic acids is 1. The lowest BCUT2D eigenvalue weighted by Crippen LogP contribution is -2.67. The van der Waals surface area contributed by atoms with Gasteiger partial charge in [0.2, 0.25) is 6.29 Å². The molecule has 5 saturated heterocycles. The molecule has 0 amide bonds. The van der Waals surface area contributed by atoms with Crippen LogP contribution in [0.2, 0.25) is 0 Å². The number of methoxy groups -OCH3 is 1. The molecule has 59 heavy (non-hydrogen) atoms. The van der Waals surface area contributed by atoms with Crippen molar-refractivity contribution < 1.29 is 109 Å². The van der Waals surface area contributed by atoms with Gasteiger partial charge in [-0.05, 0) is 27.2 Å². The predicted octanol–water partition coefficient (Wildman–Crippen LogP) is -5.93. The largest absolute Gasteiger partial charge is 0.479 e. The van der Waals surface area contributed by atoms with E-state index in [1.54, 1.807) is 0 Å². The maximum absolute atomic E-state index is 12.3. The van der Waals surface area contributed by atoms with Crippen LogP contribution in [0.1, 0.15) is 34.1 Å². The Morgan fingerprint density at radius 3 is 1.85 bits per heavy atom. The molecular formula is C32H55N3O23S. The highest BCUT2D eigenvalue weighted by Gasteiger charge is 2.56. The molecule has 0 aromatic heterocycles. The number of carboxylic acid groups (broad SMARTS) is 1. The van der Waals surface area contributed by atoms with Crippen LogP contribution in [0.25, 0.3) is 0 Å². The summed E-state index contributed by atoms with van der Waals surface area (Å²) in [5.41, 5.74) is 18.4. The molecule has 27 heteroatoms. The summed E-state index contributed by atoms with van der Waals surface area (Å²) in [4.78, 5) is 23.9. The molecule has 5 heterocycles. The first-order valence-corrected chi connectivity index (χ1v) is 20.0. The molecule has 0 bridgehead atoms. The van der Waals surface area contributed by atoms with Crippen molar-refractivity contribution in [1.82, 2.24) is 0 Å². The third-order valence-electron chi connectivity index (χ3n) is 10.9. The van der Waals surface area contributed by atoms with Crippen LogP contribution in [0, 0.1) is 5.92 Å². The fourth-order valence-corrected chi connectivity index (χ4v) is 7.95. The first-order chi connectivity index (χ1) is 27.6. The Kier molecular flexibility index (Phi) is 16.0. The van der Waals surface area contributed by atoms with Crippen LogP contribution in [0.5, 0.6) is 0 Å². The van der Waals surface area contributed by atoms with Crippen molar-refractivity contribution >= 4 is 22.8 Å². The molecule has 0 aromatic carbocycles.